The predicted molar refractivity (Wildman–Crippen MR) is 72.6 cm³/mol. The number of hydrogen-bond donors (Lipinski definition) is 2. The largest absolute Gasteiger partial charge is 0.367 e. The zero-order valence-electron chi connectivity index (χ0n) is 11.0. The Labute approximate surface area is 109 Å². The maximum Gasteiger partial charge on any atom is 0.129 e. The predicted octanol–water partition coefficient (Wildman–Crippen LogP) is 2.12. The lowest BCUT2D eigenvalue weighted by Crippen LogP contribution is -2.43. The highest BCUT2D eigenvalue weighted by atomic mass is 15.1. The van der Waals surface area contributed by atoms with Gasteiger partial charge >= 0.3 is 0 Å². The molecular weight excluding hydrogens is 224 g/mol. The van der Waals surface area contributed by atoms with Gasteiger partial charge in [-0.3, -0.25) is 0 Å². The van der Waals surface area contributed by atoms with Gasteiger partial charge in [-0.25, -0.2) is 9.97 Å². The summed E-state index contributed by atoms with van der Waals surface area (Å²) in [5.41, 5.74) is 1.15. The lowest BCUT2D eigenvalue weighted by Gasteiger charge is -2.30. The average Bonchev–Trinajstić information content (AvgIpc) is 2.70. The van der Waals surface area contributed by atoms with Crippen LogP contribution in [0.2, 0.25) is 0 Å². The van der Waals surface area contributed by atoms with Crippen LogP contribution in [0.5, 0.6) is 0 Å². The molecule has 0 radical (unpaired) electrons. The van der Waals surface area contributed by atoms with Gasteiger partial charge in [-0.1, -0.05) is 13.3 Å². The molecule has 2 atom stereocenters. The van der Waals surface area contributed by atoms with Crippen molar-refractivity contribution < 1.29 is 0 Å². The quantitative estimate of drug-likeness (QED) is 0.854. The normalized spacial score (nSPS) is 30.4. The molecule has 2 bridgehead atoms. The lowest BCUT2D eigenvalue weighted by molar-refractivity contribution is 0.377. The van der Waals surface area contributed by atoms with E-state index in [0.29, 0.717) is 6.04 Å². The zero-order chi connectivity index (χ0) is 12.4. The second-order valence-electron chi connectivity index (χ2n) is 5.60. The van der Waals surface area contributed by atoms with Crippen LogP contribution in [0.25, 0.3) is 0 Å². The molecule has 0 saturated carbocycles. The van der Waals surface area contributed by atoms with Gasteiger partial charge in [-0.2, -0.15) is 0 Å². The smallest absolute Gasteiger partial charge is 0.129 e. The van der Waals surface area contributed by atoms with Crippen molar-refractivity contribution >= 4 is 5.82 Å². The molecule has 2 fully saturated rings. The minimum Gasteiger partial charge on any atom is -0.367 e. The van der Waals surface area contributed by atoms with Gasteiger partial charge in [0.25, 0.3) is 0 Å². The van der Waals surface area contributed by atoms with Crippen molar-refractivity contribution in [2.24, 2.45) is 0 Å². The van der Waals surface area contributed by atoms with E-state index in [9.17, 15) is 0 Å². The maximum atomic E-state index is 4.34. The third-order valence-electron chi connectivity index (χ3n) is 4.05. The molecule has 3 rings (SSSR count). The Morgan fingerprint density at radius 1 is 1.28 bits per heavy atom. The van der Waals surface area contributed by atoms with Crippen LogP contribution in [-0.2, 0) is 6.42 Å². The van der Waals surface area contributed by atoms with Crippen molar-refractivity contribution in [2.75, 3.05) is 5.32 Å². The Bertz CT molecular complexity index is 395. The number of nitrogens with zero attached hydrogens (tertiary/aromatic N) is 2. The second-order valence-corrected chi connectivity index (χ2v) is 5.60. The number of aromatic nitrogens is 2. The Balaban J connectivity index is 1.63. The molecule has 4 nitrogen and oxygen atoms in total. The van der Waals surface area contributed by atoms with Crippen molar-refractivity contribution in [3.8, 4) is 0 Å². The molecule has 2 unspecified atom stereocenters. The monoisotopic (exact) mass is 246 g/mol. The van der Waals surface area contributed by atoms with Gasteiger partial charge in [0.1, 0.15) is 12.1 Å². The Hall–Kier alpha value is -1.16. The highest BCUT2D eigenvalue weighted by Gasteiger charge is 2.33. The van der Waals surface area contributed by atoms with Crippen LogP contribution < -0.4 is 10.6 Å². The minimum absolute atomic E-state index is 0.577. The van der Waals surface area contributed by atoms with Crippen LogP contribution in [0.4, 0.5) is 5.82 Å². The van der Waals surface area contributed by atoms with E-state index in [1.54, 1.807) is 6.33 Å². The number of anilines is 1. The summed E-state index contributed by atoms with van der Waals surface area (Å²) in [6.45, 7) is 2.18. The van der Waals surface area contributed by atoms with E-state index >= 15 is 0 Å². The summed E-state index contributed by atoms with van der Waals surface area (Å²) in [5.74, 6) is 1.000. The first-order valence-corrected chi connectivity index (χ1v) is 7.17. The summed E-state index contributed by atoms with van der Waals surface area (Å²) in [5, 5.41) is 7.25. The molecule has 18 heavy (non-hydrogen) atoms. The molecule has 2 aliphatic rings. The van der Waals surface area contributed by atoms with E-state index in [4.69, 9.17) is 0 Å². The van der Waals surface area contributed by atoms with Crippen LogP contribution in [0.3, 0.4) is 0 Å². The highest BCUT2D eigenvalue weighted by Crippen LogP contribution is 2.28. The summed E-state index contributed by atoms with van der Waals surface area (Å²) >= 11 is 0. The van der Waals surface area contributed by atoms with Crippen molar-refractivity contribution in [3.05, 3.63) is 18.1 Å². The molecule has 0 spiro atoms. The van der Waals surface area contributed by atoms with Crippen molar-refractivity contribution in [1.29, 1.82) is 0 Å². The molecule has 1 aromatic rings. The number of nitrogens with one attached hydrogen (secondary N) is 2. The van der Waals surface area contributed by atoms with Crippen LogP contribution in [0.1, 0.15) is 44.7 Å². The Kier molecular flexibility index (Phi) is 3.46. The third-order valence-corrected chi connectivity index (χ3v) is 4.05. The van der Waals surface area contributed by atoms with Crippen LogP contribution >= 0.6 is 0 Å². The van der Waals surface area contributed by atoms with E-state index in [-0.39, 0.29) is 0 Å². The number of fused-ring (bicyclic) bond motifs is 2. The SMILES string of the molecule is CCCc1cc(NC2CC3CCC(C2)N3)ncn1. The van der Waals surface area contributed by atoms with E-state index < -0.39 is 0 Å². The van der Waals surface area contributed by atoms with Gasteiger partial charge in [0.05, 0.1) is 0 Å². The summed E-state index contributed by atoms with van der Waals surface area (Å²) in [6.07, 6.45) is 8.99. The first kappa shape index (κ1) is 11.9. The van der Waals surface area contributed by atoms with E-state index in [1.807, 2.05) is 0 Å². The van der Waals surface area contributed by atoms with Gasteiger partial charge in [0, 0.05) is 29.9 Å². The highest BCUT2D eigenvalue weighted by molar-refractivity contribution is 5.36. The van der Waals surface area contributed by atoms with E-state index in [2.05, 4.69) is 33.6 Å². The maximum absolute atomic E-state index is 4.34. The van der Waals surface area contributed by atoms with Crippen molar-refractivity contribution in [2.45, 2.75) is 63.6 Å². The van der Waals surface area contributed by atoms with Gasteiger partial charge in [0.15, 0.2) is 0 Å². The fourth-order valence-corrected chi connectivity index (χ4v) is 3.25. The van der Waals surface area contributed by atoms with E-state index in [1.165, 1.54) is 25.7 Å². The molecule has 0 aliphatic carbocycles. The topological polar surface area (TPSA) is 49.8 Å². The van der Waals surface area contributed by atoms with Crippen LogP contribution in [-0.4, -0.2) is 28.1 Å². The standard InChI is InChI=1S/C14H22N4/c1-2-3-10-8-14(16-9-15-10)18-13-6-11-4-5-12(7-13)17-11/h8-9,11-13,17H,2-7H2,1H3,(H,15,16,18). The fourth-order valence-electron chi connectivity index (χ4n) is 3.25. The fraction of sp³-hybridized carbons (Fsp3) is 0.714. The van der Waals surface area contributed by atoms with Gasteiger partial charge in [-0.15, -0.1) is 0 Å². The average molecular weight is 246 g/mol. The van der Waals surface area contributed by atoms with Gasteiger partial charge in [0.2, 0.25) is 0 Å². The molecule has 1 aromatic heterocycles. The Morgan fingerprint density at radius 3 is 2.78 bits per heavy atom. The molecule has 2 saturated heterocycles. The second kappa shape index (κ2) is 5.22. The third kappa shape index (κ3) is 2.64. The summed E-state index contributed by atoms with van der Waals surface area (Å²) in [4.78, 5) is 8.64. The molecule has 4 heteroatoms. The summed E-state index contributed by atoms with van der Waals surface area (Å²) < 4.78 is 0. The number of aryl methyl sites for hydroxylation is 1. The molecule has 2 N–H and O–H groups in total. The molecular formula is C14H22N4. The number of hydrogen-bond acceptors (Lipinski definition) is 4. The molecule has 3 heterocycles. The van der Waals surface area contributed by atoms with Crippen molar-refractivity contribution in [3.63, 3.8) is 0 Å². The lowest BCUT2D eigenvalue weighted by atomic mass is 10.00. The molecule has 0 aromatic carbocycles. The van der Waals surface area contributed by atoms with Crippen LogP contribution in [0.15, 0.2) is 12.4 Å². The Morgan fingerprint density at radius 2 is 2.06 bits per heavy atom. The molecule has 2 aliphatic heterocycles. The molecule has 0 amide bonds. The minimum atomic E-state index is 0.577. The van der Waals surface area contributed by atoms with Gasteiger partial charge < -0.3 is 10.6 Å². The number of piperidine rings is 1. The zero-order valence-corrected chi connectivity index (χ0v) is 11.0. The number of rotatable bonds is 4. The summed E-state index contributed by atoms with van der Waals surface area (Å²) in [6, 6.07) is 4.12. The first-order chi connectivity index (χ1) is 8.83. The van der Waals surface area contributed by atoms with Crippen molar-refractivity contribution in [1.82, 2.24) is 15.3 Å². The summed E-state index contributed by atoms with van der Waals surface area (Å²) in [7, 11) is 0. The van der Waals surface area contributed by atoms with E-state index in [0.717, 1.165) is 36.4 Å². The van der Waals surface area contributed by atoms with Crippen LogP contribution in [0, 0.1) is 0 Å². The van der Waals surface area contributed by atoms with Gasteiger partial charge in [-0.05, 0) is 32.1 Å². The molecule has 98 valence electrons. The first-order valence-electron chi connectivity index (χ1n) is 7.17.